The summed E-state index contributed by atoms with van der Waals surface area (Å²) in [6.45, 7) is 7.59. The minimum atomic E-state index is -0.264. The fourth-order valence-corrected chi connectivity index (χ4v) is 1.56. The summed E-state index contributed by atoms with van der Waals surface area (Å²) in [6.07, 6.45) is 0.723. The van der Waals surface area contributed by atoms with Crippen LogP contribution in [0.5, 0.6) is 0 Å². The molecular formula is C11H19NO3. The third kappa shape index (κ3) is 3.15. The van der Waals surface area contributed by atoms with Gasteiger partial charge in [-0.2, -0.15) is 0 Å². The van der Waals surface area contributed by atoms with Gasteiger partial charge in [0.05, 0.1) is 18.8 Å². The normalized spacial score (nSPS) is 20.9. The van der Waals surface area contributed by atoms with Gasteiger partial charge in [-0.3, -0.25) is 0 Å². The molecule has 0 aliphatic carbocycles. The third-order valence-corrected chi connectivity index (χ3v) is 2.25. The first-order valence-corrected chi connectivity index (χ1v) is 5.45. The maximum absolute atomic E-state index is 11.6. The molecule has 0 aromatic rings. The Balaban J connectivity index is 2.78. The Kier molecular flexibility index (Phi) is 4.46. The molecule has 1 N–H and O–H groups in total. The predicted molar refractivity (Wildman–Crippen MR) is 57.1 cm³/mol. The van der Waals surface area contributed by atoms with Crippen LogP contribution >= 0.6 is 0 Å². The SMILES string of the molecule is CCOC(=O)C1=C(OCC)NC[C@@H](C)C1. The van der Waals surface area contributed by atoms with Crippen LogP contribution in [0.25, 0.3) is 0 Å². The highest BCUT2D eigenvalue weighted by Crippen LogP contribution is 2.21. The van der Waals surface area contributed by atoms with Gasteiger partial charge in [-0.15, -0.1) is 0 Å². The molecule has 0 bridgehead atoms. The predicted octanol–water partition coefficient (Wildman–Crippen LogP) is 1.43. The second kappa shape index (κ2) is 5.63. The molecule has 4 nitrogen and oxygen atoms in total. The van der Waals surface area contributed by atoms with E-state index in [1.165, 1.54) is 0 Å². The molecule has 0 saturated carbocycles. The average Bonchev–Trinajstić information content (AvgIpc) is 2.21. The number of hydrogen-bond acceptors (Lipinski definition) is 4. The second-order valence-corrected chi connectivity index (χ2v) is 3.65. The smallest absolute Gasteiger partial charge is 0.339 e. The molecule has 0 aromatic carbocycles. The van der Waals surface area contributed by atoms with Crippen molar-refractivity contribution in [2.45, 2.75) is 27.2 Å². The lowest BCUT2D eigenvalue weighted by atomic mass is 9.98. The van der Waals surface area contributed by atoms with Crippen molar-refractivity contribution >= 4 is 5.97 Å². The quantitative estimate of drug-likeness (QED) is 0.718. The van der Waals surface area contributed by atoms with E-state index in [1.807, 2.05) is 6.92 Å². The molecule has 1 atom stereocenters. The molecule has 0 saturated heterocycles. The van der Waals surface area contributed by atoms with E-state index in [-0.39, 0.29) is 5.97 Å². The first-order chi connectivity index (χ1) is 7.19. The third-order valence-electron chi connectivity index (χ3n) is 2.25. The molecule has 1 aliphatic rings. The van der Waals surface area contributed by atoms with Crippen molar-refractivity contribution in [3.8, 4) is 0 Å². The molecule has 15 heavy (non-hydrogen) atoms. The van der Waals surface area contributed by atoms with Crippen LogP contribution in [0.15, 0.2) is 11.5 Å². The monoisotopic (exact) mass is 213 g/mol. The number of esters is 1. The van der Waals surface area contributed by atoms with Crippen molar-refractivity contribution < 1.29 is 14.3 Å². The van der Waals surface area contributed by atoms with E-state index < -0.39 is 0 Å². The zero-order chi connectivity index (χ0) is 11.3. The van der Waals surface area contributed by atoms with Crippen molar-refractivity contribution in [1.29, 1.82) is 0 Å². The molecule has 0 amide bonds. The van der Waals surface area contributed by atoms with Crippen LogP contribution in [0, 0.1) is 5.92 Å². The highest BCUT2D eigenvalue weighted by molar-refractivity contribution is 5.89. The number of carbonyl (C=O) groups excluding carboxylic acids is 1. The minimum absolute atomic E-state index is 0.264. The molecule has 1 aliphatic heterocycles. The van der Waals surface area contributed by atoms with Gasteiger partial charge < -0.3 is 14.8 Å². The Labute approximate surface area is 90.6 Å². The van der Waals surface area contributed by atoms with E-state index in [4.69, 9.17) is 9.47 Å². The topological polar surface area (TPSA) is 47.6 Å². The van der Waals surface area contributed by atoms with Crippen molar-refractivity contribution in [2.24, 2.45) is 5.92 Å². The van der Waals surface area contributed by atoms with Gasteiger partial charge in [0.15, 0.2) is 5.88 Å². The van der Waals surface area contributed by atoms with Gasteiger partial charge in [-0.25, -0.2) is 4.79 Å². The molecule has 86 valence electrons. The van der Waals surface area contributed by atoms with Crippen LogP contribution < -0.4 is 5.32 Å². The lowest BCUT2D eigenvalue weighted by Crippen LogP contribution is -2.32. The number of ether oxygens (including phenoxy) is 2. The van der Waals surface area contributed by atoms with Gasteiger partial charge in [0, 0.05) is 6.54 Å². The number of carbonyl (C=O) groups is 1. The van der Waals surface area contributed by atoms with Crippen molar-refractivity contribution in [2.75, 3.05) is 19.8 Å². The zero-order valence-corrected chi connectivity index (χ0v) is 9.63. The molecule has 0 unspecified atom stereocenters. The van der Waals surface area contributed by atoms with Gasteiger partial charge in [0.2, 0.25) is 0 Å². The van der Waals surface area contributed by atoms with E-state index >= 15 is 0 Å². The zero-order valence-electron chi connectivity index (χ0n) is 9.63. The summed E-state index contributed by atoms with van der Waals surface area (Å²) in [5, 5.41) is 3.12. The van der Waals surface area contributed by atoms with Crippen LogP contribution in [0.1, 0.15) is 27.2 Å². The fraction of sp³-hybridized carbons (Fsp3) is 0.727. The summed E-state index contributed by atoms with van der Waals surface area (Å²) >= 11 is 0. The Hall–Kier alpha value is -1.19. The van der Waals surface area contributed by atoms with Crippen LogP contribution in [-0.4, -0.2) is 25.7 Å². The van der Waals surface area contributed by atoms with Crippen molar-refractivity contribution in [3.05, 3.63) is 11.5 Å². The minimum Gasteiger partial charge on any atom is -0.479 e. The number of nitrogens with one attached hydrogen (secondary N) is 1. The number of hydrogen-bond donors (Lipinski definition) is 1. The average molecular weight is 213 g/mol. The summed E-state index contributed by atoms with van der Waals surface area (Å²) in [7, 11) is 0. The summed E-state index contributed by atoms with van der Waals surface area (Å²) in [4.78, 5) is 11.6. The molecule has 0 fully saturated rings. The Morgan fingerprint density at radius 3 is 2.80 bits per heavy atom. The van der Waals surface area contributed by atoms with Gasteiger partial charge >= 0.3 is 5.97 Å². The maximum atomic E-state index is 11.6. The summed E-state index contributed by atoms with van der Waals surface area (Å²) < 4.78 is 10.4. The van der Waals surface area contributed by atoms with Crippen LogP contribution in [0.2, 0.25) is 0 Å². The summed E-state index contributed by atoms with van der Waals surface area (Å²) in [5.41, 5.74) is 0.637. The summed E-state index contributed by atoms with van der Waals surface area (Å²) in [5.74, 6) is 0.766. The van der Waals surface area contributed by atoms with Gasteiger partial charge in [0.1, 0.15) is 0 Å². The summed E-state index contributed by atoms with van der Waals surface area (Å²) in [6, 6.07) is 0. The van der Waals surface area contributed by atoms with Crippen LogP contribution in [0.3, 0.4) is 0 Å². The van der Waals surface area contributed by atoms with Gasteiger partial charge in [-0.1, -0.05) is 6.92 Å². The molecular weight excluding hydrogens is 194 g/mol. The Bertz CT molecular complexity index is 261. The lowest BCUT2D eigenvalue weighted by Gasteiger charge is -2.24. The fourth-order valence-electron chi connectivity index (χ4n) is 1.56. The van der Waals surface area contributed by atoms with Crippen molar-refractivity contribution in [3.63, 3.8) is 0 Å². The maximum Gasteiger partial charge on any atom is 0.339 e. The Morgan fingerprint density at radius 2 is 2.20 bits per heavy atom. The van der Waals surface area contributed by atoms with E-state index in [2.05, 4.69) is 12.2 Å². The highest BCUT2D eigenvalue weighted by atomic mass is 16.5. The molecule has 0 radical (unpaired) electrons. The van der Waals surface area contributed by atoms with Crippen LogP contribution in [0.4, 0.5) is 0 Å². The van der Waals surface area contributed by atoms with E-state index in [0.717, 1.165) is 13.0 Å². The number of rotatable bonds is 4. The lowest BCUT2D eigenvalue weighted by molar-refractivity contribution is -0.139. The Morgan fingerprint density at radius 1 is 1.47 bits per heavy atom. The molecule has 4 heteroatoms. The van der Waals surface area contributed by atoms with E-state index in [9.17, 15) is 4.79 Å². The van der Waals surface area contributed by atoms with E-state index in [0.29, 0.717) is 30.6 Å². The van der Waals surface area contributed by atoms with Crippen molar-refractivity contribution in [1.82, 2.24) is 5.32 Å². The first kappa shape index (κ1) is 11.9. The highest BCUT2D eigenvalue weighted by Gasteiger charge is 2.24. The molecule has 0 aromatic heterocycles. The standard InChI is InChI=1S/C11H19NO3/c1-4-14-10-9(11(13)15-5-2)6-8(3)7-12-10/h8,12H,4-7H2,1-3H3/t8-/m0/s1. The molecule has 1 rings (SSSR count). The van der Waals surface area contributed by atoms with Gasteiger partial charge in [0.25, 0.3) is 0 Å². The van der Waals surface area contributed by atoms with Gasteiger partial charge in [-0.05, 0) is 26.2 Å². The molecule has 0 spiro atoms. The first-order valence-electron chi connectivity index (χ1n) is 5.45. The molecule has 1 heterocycles. The second-order valence-electron chi connectivity index (χ2n) is 3.65. The van der Waals surface area contributed by atoms with Crippen LogP contribution in [-0.2, 0) is 14.3 Å². The largest absolute Gasteiger partial charge is 0.479 e. The van der Waals surface area contributed by atoms with E-state index in [1.54, 1.807) is 6.92 Å².